The third kappa shape index (κ3) is 3.66. The molecule has 0 aromatic rings. The van der Waals surface area contributed by atoms with Gasteiger partial charge in [-0.25, -0.2) is 0 Å². The Morgan fingerprint density at radius 2 is 1.61 bits per heavy atom. The molecule has 2 fully saturated rings. The van der Waals surface area contributed by atoms with Crippen LogP contribution in [0.3, 0.4) is 0 Å². The molecule has 1 heterocycles. The van der Waals surface area contributed by atoms with E-state index in [0.717, 1.165) is 23.3 Å². The van der Waals surface area contributed by atoms with E-state index < -0.39 is 0 Å². The standard InChI is InChI=1S/C16H31NS/c1-12-14(10-7-11-18-12)17-15-9-6-5-8-13(15)16(2,3)4/h12-15,17H,5-11H2,1-4H3. The fourth-order valence-electron chi connectivity index (χ4n) is 3.78. The Bertz CT molecular complexity index is 258. The molecular weight excluding hydrogens is 238 g/mol. The second-order valence-corrected chi connectivity index (χ2v) is 8.84. The summed E-state index contributed by atoms with van der Waals surface area (Å²) >= 11 is 2.16. The predicted molar refractivity (Wildman–Crippen MR) is 83.3 cm³/mol. The molecule has 18 heavy (non-hydrogen) atoms. The van der Waals surface area contributed by atoms with E-state index in [2.05, 4.69) is 44.8 Å². The molecule has 1 saturated heterocycles. The lowest BCUT2D eigenvalue weighted by Gasteiger charge is -2.44. The van der Waals surface area contributed by atoms with E-state index in [1.165, 1.54) is 44.3 Å². The topological polar surface area (TPSA) is 12.0 Å². The molecule has 4 unspecified atom stereocenters. The van der Waals surface area contributed by atoms with Crippen LogP contribution in [-0.2, 0) is 0 Å². The van der Waals surface area contributed by atoms with Gasteiger partial charge in [-0.3, -0.25) is 0 Å². The third-order valence-electron chi connectivity index (χ3n) is 4.91. The average Bonchev–Trinajstić information content (AvgIpc) is 2.31. The molecule has 0 aromatic heterocycles. The van der Waals surface area contributed by atoms with Crippen LogP contribution >= 0.6 is 11.8 Å². The van der Waals surface area contributed by atoms with E-state index in [1.54, 1.807) is 0 Å². The van der Waals surface area contributed by atoms with Crippen LogP contribution in [0.25, 0.3) is 0 Å². The maximum Gasteiger partial charge on any atom is 0.0186 e. The van der Waals surface area contributed by atoms with Crippen LogP contribution in [0.1, 0.15) is 66.2 Å². The van der Waals surface area contributed by atoms with E-state index in [-0.39, 0.29) is 0 Å². The van der Waals surface area contributed by atoms with Gasteiger partial charge in [0.15, 0.2) is 0 Å². The average molecular weight is 269 g/mol. The van der Waals surface area contributed by atoms with Crippen molar-refractivity contribution in [2.24, 2.45) is 11.3 Å². The summed E-state index contributed by atoms with van der Waals surface area (Å²) in [6.07, 6.45) is 8.49. The first-order valence-corrected chi connectivity index (χ1v) is 8.91. The van der Waals surface area contributed by atoms with Crippen molar-refractivity contribution < 1.29 is 0 Å². The van der Waals surface area contributed by atoms with Crippen molar-refractivity contribution in [3.63, 3.8) is 0 Å². The highest BCUT2D eigenvalue weighted by Gasteiger charge is 2.36. The zero-order valence-corrected chi connectivity index (χ0v) is 13.5. The normalized spacial score (nSPS) is 38.7. The molecule has 1 nitrogen and oxygen atoms in total. The summed E-state index contributed by atoms with van der Waals surface area (Å²) in [7, 11) is 0. The molecule has 2 heteroatoms. The first-order chi connectivity index (χ1) is 8.48. The molecule has 4 atom stereocenters. The molecule has 2 rings (SSSR count). The number of nitrogens with one attached hydrogen (secondary N) is 1. The van der Waals surface area contributed by atoms with Crippen LogP contribution in [0.15, 0.2) is 0 Å². The molecule has 1 N–H and O–H groups in total. The summed E-state index contributed by atoms with van der Waals surface area (Å²) in [5, 5.41) is 4.85. The zero-order chi connectivity index (χ0) is 13.2. The van der Waals surface area contributed by atoms with Gasteiger partial charge in [0.25, 0.3) is 0 Å². The monoisotopic (exact) mass is 269 g/mol. The Morgan fingerprint density at radius 1 is 0.944 bits per heavy atom. The lowest BCUT2D eigenvalue weighted by Crippen LogP contribution is -2.51. The largest absolute Gasteiger partial charge is 0.310 e. The van der Waals surface area contributed by atoms with Gasteiger partial charge < -0.3 is 5.32 Å². The van der Waals surface area contributed by atoms with E-state index in [9.17, 15) is 0 Å². The van der Waals surface area contributed by atoms with Crippen molar-refractivity contribution >= 4 is 11.8 Å². The molecule has 106 valence electrons. The van der Waals surface area contributed by atoms with Crippen molar-refractivity contribution in [3.05, 3.63) is 0 Å². The van der Waals surface area contributed by atoms with Crippen molar-refractivity contribution in [1.82, 2.24) is 5.32 Å². The van der Waals surface area contributed by atoms with Crippen molar-refractivity contribution in [2.45, 2.75) is 83.6 Å². The Morgan fingerprint density at radius 3 is 2.28 bits per heavy atom. The highest BCUT2D eigenvalue weighted by molar-refractivity contribution is 7.99. The predicted octanol–water partition coefficient (Wildman–Crippen LogP) is 4.47. The quantitative estimate of drug-likeness (QED) is 0.794. The Balaban J connectivity index is 1.96. The fraction of sp³-hybridized carbons (Fsp3) is 1.00. The van der Waals surface area contributed by atoms with Crippen LogP contribution in [0.2, 0.25) is 0 Å². The highest BCUT2D eigenvalue weighted by atomic mass is 32.2. The maximum atomic E-state index is 4.04. The number of thioether (sulfide) groups is 1. The second kappa shape index (κ2) is 6.17. The van der Waals surface area contributed by atoms with Crippen molar-refractivity contribution in [1.29, 1.82) is 0 Å². The molecule has 0 spiro atoms. The van der Waals surface area contributed by atoms with Gasteiger partial charge in [0, 0.05) is 17.3 Å². The van der Waals surface area contributed by atoms with Gasteiger partial charge >= 0.3 is 0 Å². The molecule has 2 aliphatic rings. The second-order valence-electron chi connectivity index (χ2n) is 7.35. The molecule has 0 amide bonds. The van der Waals surface area contributed by atoms with Crippen LogP contribution in [0.4, 0.5) is 0 Å². The van der Waals surface area contributed by atoms with Crippen molar-refractivity contribution in [3.8, 4) is 0 Å². The first-order valence-electron chi connectivity index (χ1n) is 7.86. The van der Waals surface area contributed by atoms with E-state index in [0.29, 0.717) is 5.41 Å². The molecule has 0 aromatic carbocycles. The molecular formula is C16H31NS. The summed E-state index contributed by atoms with van der Waals surface area (Å²) in [5.41, 5.74) is 0.461. The first kappa shape index (κ1) is 14.7. The molecule has 1 aliphatic carbocycles. The lowest BCUT2D eigenvalue weighted by molar-refractivity contribution is 0.121. The minimum atomic E-state index is 0.461. The lowest BCUT2D eigenvalue weighted by atomic mass is 9.69. The van der Waals surface area contributed by atoms with E-state index in [1.807, 2.05) is 0 Å². The molecule has 0 radical (unpaired) electrons. The van der Waals surface area contributed by atoms with Gasteiger partial charge in [0.1, 0.15) is 0 Å². The fourth-order valence-corrected chi connectivity index (χ4v) is 4.94. The van der Waals surface area contributed by atoms with Gasteiger partial charge in [-0.1, -0.05) is 40.5 Å². The summed E-state index contributed by atoms with van der Waals surface area (Å²) in [4.78, 5) is 0. The molecule has 1 aliphatic heterocycles. The summed E-state index contributed by atoms with van der Waals surface area (Å²) in [5.74, 6) is 2.23. The molecule has 0 bridgehead atoms. The Hall–Kier alpha value is 0.310. The SMILES string of the molecule is CC1SCCCC1NC1CCCCC1C(C)(C)C. The van der Waals surface area contributed by atoms with Crippen LogP contribution in [0.5, 0.6) is 0 Å². The van der Waals surface area contributed by atoms with Crippen LogP contribution < -0.4 is 5.32 Å². The Labute approximate surface area is 118 Å². The number of hydrogen-bond acceptors (Lipinski definition) is 2. The van der Waals surface area contributed by atoms with Crippen molar-refractivity contribution in [2.75, 3.05) is 5.75 Å². The Kier molecular flexibility index (Phi) is 5.05. The van der Waals surface area contributed by atoms with Gasteiger partial charge in [-0.05, 0) is 42.8 Å². The summed E-state index contributed by atoms with van der Waals surface area (Å²) in [6, 6.07) is 1.53. The highest BCUT2D eigenvalue weighted by Crippen LogP contribution is 2.39. The maximum absolute atomic E-state index is 4.04. The van der Waals surface area contributed by atoms with Crippen LogP contribution in [-0.4, -0.2) is 23.1 Å². The summed E-state index contributed by atoms with van der Waals surface area (Å²) in [6.45, 7) is 9.70. The number of rotatable bonds is 2. The minimum Gasteiger partial charge on any atom is -0.310 e. The smallest absolute Gasteiger partial charge is 0.0186 e. The van der Waals surface area contributed by atoms with Gasteiger partial charge in [0.2, 0.25) is 0 Å². The minimum absolute atomic E-state index is 0.461. The number of hydrogen-bond donors (Lipinski definition) is 1. The van der Waals surface area contributed by atoms with Gasteiger partial charge in [-0.15, -0.1) is 0 Å². The van der Waals surface area contributed by atoms with E-state index >= 15 is 0 Å². The van der Waals surface area contributed by atoms with Gasteiger partial charge in [0.05, 0.1) is 0 Å². The summed E-state index contributed by atoms with van der Waals surface area (Å²) < 4.78 is 0. The van der Waals surface area contributed by atoms with Gasteiger partial charge in [-0.2, -0.15) is 11.8 Å². The third-order valence-corrected chi connectivity index (χ3v) is 6.29. The van der Waals surface area contributed by atoms with E-state index in [4.69, 9.17) is 0 Å². The molecule has 1 saturated carbocycles. The van der Waals surface area contributed by atoms with Crippen LogP contribution in [0, 0.1) is 11.3 Å². The zero-order valence-electron chi connectivity index (χ0n) is 12.7.